The minimum atomic E-state index is -3.32. The first-order valence-electron chi connectivity index (χ1n) is 3.97. The molecule has 2 atom stereocenters. The Morgan fingerprint density at radius 2 is 1.54 bits per heavy atom. The van der Waals surface area contributed by atoms with Crippen LogP contribution in [0, 0.1) is 5.41 Å². The SMILES string of the molecule is CC(C)(C)[C@H](O)[C@](C)(Br)S(C)(=O)=O. The second kappa shape index (κ2) is 3.51. The monoisotopic (exact) mass is 272 g/mol. The molecule has 0 aliphatic heterocycles. The lowest BCUT2D eigenvalue weighted by Crippen LogP contribution is -2.47. The van der Waals surface area contributed by atoms with Gasteiger partial charge in [-0.15, -0.1) is 0 Å². The summed E-state index contributed by atoms with van der Waals surface area (Å²) in [5.74, 6) is 0. The van der Waals surface area contributed by atoms with Crippen LogP contribution in [0.4, 0.5) is 0 Å². The van der Waals surface area contributed by atoms with Crippen LogP contribution in [-0.2, 0) is 9.84 Å². The molecule has 0 rings (SSSR count). The van der Waals surface area contributed by atoms with E-state index >= 15 is 0 Å². The van der Waals surface area contributed by atoms with Crippen LogP contribution in [0.5, 0.6) is 0 Å². The van der Waals surface area contributed by atoms with Gasteiger partial charge in [-0.2, -0.15) is 0 Å². The first-order valence-corrected chi connectivity index (χ1v) is 6.65. The van der Waals surface area contributed by atoms with Gasteiger partial charge in [0.2, 0.25) is 0 Å². The third kappa shape index (κ3) is 2.92. The van der Waals surface area contributed by atoms with E-state index in [0.29, 0.717) is 0 Å². The third-order valence-corrected chi connectivity index (χ3v) is 5.90. The molecular formula is C8H17BrO3S. The predicted octanol–water partition coefficient (Wildman–Crippen LogP) is 1.55. The standard InChI is InChI=1S/C8H17BrO3S/c1-7(2,3)6(10)8(4,9)13(5,11)12/h6,10H,1-5H3/t6-,8+/m0/s1. The lowest BCUT2D eigenvalue weighted by molar-refractivity contribution is 0.0562. The van der Waals surface area contributed by atoms with E-state index in [1.165, 1.54) is 6.92 Å². The second-order valence-corrected chi connectivity index (χ2v) is 9.09. The molecular weight excluding hydrogens is 256 g/mol. The smallest absolute Gasteiger partial charge is 0.165 e. The molecule has 0 unspecified atom stereocenters. The van der Waals surface area contributed by atoms with Crippen LogP contribution in [0.25, 0.3) is 0 Å². The lowest BCUT2D eigenvalue weighted by Gasteiger charge is -2.35. The zero-order valence-electron chi connectivity index (χ0n) is 8.63. The van der Waals surface area contributed by atoms with Crippen molar-refractivity contribution in [2.45, 2.75) is 37.5 Å². The normalized spacial score (nSPS) is 20.8. The van der Waals surface area contributed by atoms with Gasteiger partial charge in [0.25, 0.3) is 0 Å². The van der Waals surface area contributed by atoms with Gasteiger partial charge in [-0.25, -0.2) is 8.42 Å². The molecule has 0 heterocycles. The highest BCUT2D eigenvalue weighted by molar-refractivity contribution is 9.11. The van der Waals surface area contributed by atoms with Crippen molar-refractivity contribution in [2.75, 3.05) is 6.26 Å². The highest BCUT2D eigenvalue weighted by Crippen LogP contribution is 2.37. The fourth-order valence-electron chi connectivity index (χ4n) is 0.976. The summed E-state index contributed by atoms with van der Waals surface area (Å²) >= 11 is 3.07. The van der Waals surface area contributed by atoms with Crippen molar-refractivity contribution in [3.05, 3.63) is 0 Å². The van der Waals surface area contributed by atoms with Crippen molar-refractivity contribution in [3.63, 3.8) is 0 Å². The summed E-state index contributed by atoms with van der Waals surface area (Å²) < 4.78 is 21.4. The van der Waals surface area contributed by atoms with Crippen molar-refractivity contribution >= 4 is 25.8 Å². The van der Waals surface area contributed by atoms with E-state index in [2.05, 4.69) is 15.9 Å². The molecule has 0 aromatic heterocycles. The van der Waals surface area contributed by atoms with Crippen LogP contribution in [0.15, 0.2) is 0 Å². The molecule has 13 heavy (non-hydrogen) atoms. The maximum absolute atomic E-state index is 11.3. The molecule has 0 aromatic rings. The van der Waals surface area contributed by atoms with Crippen LogP contribution in [0.1, 0.15) is 27.7 Å². The van der Waals surface area contributed by atoms with E-state index in [0.717, 1.165) is 6.26 Å². The van der Waals surface area contributed by atoms with Gasteiger partial charge in [-0.3, -0.25) is 0 Å². The molecule has 0 amide bonds. The minimum absolute atomic E-state index is 0.471. The van der Waals surface area contributed by atoms with Gasteiger partial charge in [-0.1, -0.05) is 36.7 Å². The molecule has 80 valence electrons. The van der Waals surface area contributed by atoms with Gasteiger partial charge >= 0.3 is 0 Å². The number of hydrogen-bond donors (Lipinski definition) is 1. The zero-order chi connectivity index (χ0) is 11.1. The molecule has 0 aliphatic rings. The first-order chi connectivity index (χ1) is 5.40. The number of aliphatic hydroxyl groups excluding tert-OH is 1. The molecule has 0 bridgehead atoms. The van der Waals surface area contributed by atoms with E-state index in [4.69, 9.17) is 0 Å². The summed E-state index contributed by atoms with van der Waals surface area (Å²) in [6.07, 6.45) is 0.159. The Labute approximate surface area is 88.6 Å². The van der Waals surface area contributed by atoms with Crippen molar-refractivity contribution in [1.29, 1.82) is 0 Å². The van der Waals surface area contributed by atoms with Gasteiger partial charge in [-0.05, 0) is 12.3 Å². The van der Waals surface area contributed by atoms with Crippen LogP contribution in [-0.4, -0.2) is 29.5 Å². The molecule has 0 aromatic carbocycles. The number of hydrogen-bond acceptors (Lipinski definition) is 3. The van der Waals surface area contributed by atoms with Crippen LogP contribution >= 0.6 is 15.9 Å². The van der Waals surface area contributed by atoms with Crippen LogP contribution < -0.4 is 0 Å². The predicted molar refractivity (Wildman–Crippen MR) is 57.6 cm³/mol. The Kier molecular flexibility index (Phi) is 3.62. The highest BCUT2D eigenvalue weighted by Gasteiger charge is 2.45. The molecule has 0 saturated carbocycles. The topological polar surface area (TPSA) is 54.4 Å². The zero-order valence-corrected chi connectivity index (χ0v) is 11.0. The number of sulfone groups is 1. The molecule has 0 spiro atoms. The molecule has 5 heteroatoms. The van der Waals surface area contributed by atoms with Crippen molar-refractivity contribution in [1.82, 2.24) is 0 Å². The summed E-state index contributed by atoms with van der Waals surface area (Å²) in [7, 11) is -3.32. The van der Waals surface area contributed by atoms with Crippen molar-refractivity contribution < 1.29 is 13.5 Å². The number of alkyl halides is 1. The summed E-state index contributed by atoms with van der Waals surface area (Å²) in [6.45, 7) is 6.85. The van der Waals surface area contributed by atoms with Gasteiger partial charge < -0.3 is 5.11 Å². The molecule has 3 nitrogen and oxygen atoms in total. The number of aliphatic hydroxyl groups is 1. The van der Waals surface area contributed by atoms with Crippen LogP contribution in [0.2, 0.25) is 0 Å². The molecule has 0 radical (unpaired) electrons. The van der Waals surface area contributed by atoms with Gasteiger partial charge in [0, 0.05) is 6.26 Å². The van der Waals surface area contributed by atoms with E-state index in [1.54, 1.807) is 20.8 Å². The van der Waals surface area contributed by atoms with Gasteiger partial charge in [0.15, 0.2) is 9.84 Å². The largest absolute Gasteiger partial charge is 0.390 e. The number of halogens is 1. The Hall–Kier alpha value is 0.390. The average molecular weight is 273 g/mol. The summed E-state index contributed by atoms with van der Waals surface area (Å²) in [6, 6.07) is 0. The Balaban J connectivity index is 5.09. The molecule has 0 aliphatic carbocycles. The number of rotatable bonds is 2. The Morgan fingerprint density at radius 3 is 1.62 bits per heavy atom. The highest BCUT2D eigenvalue weighted by atomic mass is 79.9. The maximum atomic E-state index is 11.3. The summed E-state index contributed by atoms with van der Waals surface area (Å²) in [4.78, 5) is 0. The van der Waals surface area contributed by atoms with E-state index in [9.17, 15) is 13.5 Å². The first kappa shape index (κ1) is 13.4. The van der Waals surface area contributed by atoms with E-state index in [1.807, 2.05) is 0 Å². The maximum Gasteiger partial charge on any atom is 0.165 e. The second-order valence-electron chi connectivity index (χ2n) is 4.53. The Morgan fingerprint density at radius 1 is 1.23 bits per heavy atom. The van der Waals surface area contributed by atoms with Crippen LogP contribution in [0.3, 0.4) is 0 Å². The third-order valence-electron chi connectivity index (χ3n) is 2.03. The average Bonchev–Trinajstić information content (AvgIpc) is 1.81. The Bertz CT molecular complexity index is 274. The summed E-state index contributed by atoms with van der Waals surface area (Å²) in [5.41, 5.74) is -0.471. The van der Waals surface area contributed by atoms with E-state index < -0.39 is 25.0 Å². The molecule has 0 saturated heterocycles. The van der Waals surface area contributed by atoms with Crippen molar-refractivity contribution in [2.24, 2.45) is 5.41 Å². The lowest BCUT2D eigenvalue weighted by atomic mass is 9.87. The molecule has 1 N–H and O–H groups in total. The quantitative estimate of drug-likeness (QED) is 0.777. The van der Waals surface area contributed by atoms with Gasteiger partial charge in [0.05, 0.1) is 6.10 Å². The molecule has 0 fully saturated rings. The fraction of sp³-hybridized carbons (Fsp3) is 1.00. The fourth-order valence-corrected chi connectivity index (χ4v) is 2.42. The van der Waals surface area contributed by atoms with Gasteiger partial charge in [0.1, 0.15) is 3.66 Å². The minimum Gasteiger partial charge on any atom is -0.390 e. The summed E-state index contributed by atoms with van der Waals surface area (Å²) in [5, 5.41) is 9.82. The van der Waals surface area contributed by atoms with E-state index in [-0.39, 0.29) is 0 Å². The van der Waals surface area contributed by atoms with Crippen molar-refractivity contribution in [3.8, 4) is 0 Å².